The maximum atomic E-state index is 12.7. The first kappa shape index (κ1) is 19.0. The van der Waals surface area contributed by atoms with Gasteiger partial charge in [0.15, 0.2) is 0 Å². The van der Waals surface area contributed by atoms with Crippen LogP contribution in [0, 0.1) is 5.92 Å². The van der Waals surface area contributed by atoms with Crippen LogP contribution >= 0.6 is 0 Å². The molecule has 1 aromatic rings. The van der Waals surface area contributed by atoms with Gasteiger partial charge in [0.25, 0.3) is 0 Å². The van der Waals surface area contributed by atoms with Gasteiger partial charge in [0.1, 0.15) is 0 Å². The summed E-state index contributed by atoms with van der Waals surface area (Å²) in [7, 11) is 0. The predicted octanol–water partition coefficient (Wildman–Crippen LogP) is 3.83. The van der Waals surface area contributed by atoms with E-state index in [1.807, 2.05) is 10.9 Å². The molecule has 1 atom stereocenters. The van der Waals surface area contributed by atoms with E-state index in [-0.39, 0.29) is 5.54 Å². The van der Waals surface area contributed by atoms with Gasteiger partial charge in [-0.25, -0.2) is 0 Å². The number of nitrogens with zero attached hydrogens (tertiary/aromatic N) is 4. The second-order valence-corrected chi connectivity index (χ2v) is 9.07. The van der Waals surface area contributed by atoms with Crippen LogP contribution in [0.25, 0.3) is 0 Å². The van der Waals surface area contributed by atoms with Crippen LogP contribution in [0.4, 0.5) is 0 Å². The zero-order valence-corrected chi connectivity index (χ0v) is 17.0. The van der Waals surface area contributed by atoms with E-state index in [2.05, 4.69) is 28.0 Å². The minimum absolute atomic E-state index is 0.150. The second kappa shape index (κ2) is 8.34. The van der Waals surface area contributed by atoms with Crippen LogP contribution in [-0.4, -0.2) is 50.7 Å². The first-order valence-corrected chi connectivity index (χ1v) is 11.2. The molecule has 3 heterocycles. The van der Waals surface area contributed by atoms with E-state index in [9.17, 15) is 4.79 Å². The molecule has 5 nitrogen and oxygen atoms in total. The van der Waals surface area contributed by atoms with E-state index < -0.39 is 0 Å². The number of aromatic nitrogens is 2. The van der Waals surface area contributed by atoms with Crippen LogP contribution in [-0.2, 0) is 17.9 Å². The smallest absolute Gasteiger partial charge is 0.223 e. The third-order valence-electron chi connectivity index (χ3n) is 7.27. The molecule has 4 rings (SSSR count). The van der Waals surface area contributed by atoms with Crippen LogP contribution in [0.3, 0.4) is 0 Å². The average molecular weight is 373 g/mol. The summed E-state index contributed by atoms with van der Waals surface area (Å²) < 4.78 is 2.01. The zero-order valence-electron chi connectivity index (χ0n) is 17.0. The molecule has 1 amide bonds. The molecule has 1 spiro atoms. The Kier molecular flexibility index (Phi) is 5.86. The lowest BCUT2D eigenvalue weighted by Crippen LogP contribution is -2.48. The summed E-state index contributed by atoms with van der Waals surface area (Å²) in [5.41, 5.74) is 1.46. The average Bonchev–Trinajstić information content (AvgIpc) is 3.19. The highest BCUT2D eigenvalue weighted by Crippen LogP contribution is 2.41. The molecule has 150 valence electrons. The van der Waals surface area contributed by atoms with Crippen LogP contribution in [0.2, 0.25) is 0 Å². The Morgan fingerprint density at radius 3 is 2.74 bits per heavy atom. The van der Waals surface area contributed by atoms with E-state index in [0.29, 0.717) is 5.91 Å². The van der Waals surface area contributed by atoms with Crippen LogP contribution in [0.5, 0.6) is 0 Å². The lowest BCUT2D eigenvalue weighted by Gasteiger charge is -2.41. The Morgan fingerprint density at radius 1 is 1.11 bits per heavy atom. The van der Waals surface area contributed by atoms with E-state index in [1.54, 1.807) is 0 Å². The van der Waals surface area contributed by atoms with Crippen LogP contribution in [0.1, 0.15) is 76.7 Å². The number of rotatable bonds is 5. The van der Waals surface area contributed by atoms with E-state index in [4.69, 9.17) is 0 Å². The fourth-order valence-corrected chi connectivity index (χ4v) is 5.63. The monoisotopic (exact) mass is 372 g/mol. The molecule has 1 aromatic heterocycles. The fraction of sp³-hybridized carbons (Fsp3) is 0.818. The minimum atomic E-state index is 0.150. The molecule has 1 aliphatic carbocycles. The van der Waals surface area contributed by atoms with Gasteiger partial charge in [-0.3, -0.25) is 14.4 Å². The standard InChI is InChI=1S/C22H36N4O/c1-2-25-17-20(15-23-25)16-24-13-6-10-22(12-14-24)11-9-21(27)26(22)18-19-7-4-3-5-8-19/h15,17,19H,2-14,16,18H2,1H3. The molecule has 2 saturated heterocycles. The molecule has 5 heteroatoms. The van der Waals surface area contributed by atoms with Gasteiger partial charge in [-0.1, -0.05) is 19.3 Å². The summed E-state index contributed by atoms with van der Waals surface area (Å²) in [4.78, 5) is 17.7. The Hall–Kier alpha value is -1.36. The summed E-state index contributed by atoms with van der Waals surface area (Å²) in [6, 6.07) is 0. The summed E-state index contributed by atoms with van der Waals surface area (Å²) >= 11 is 0. The lowest BCUT2D eigenvalue weighted by atomic mass is 9.84. The van der Waals surface area contributed by atoms with Gasteiger partial charge in [-0.2, -0.15) is 5.10 Å². The highest BCUT2D eigenvalue weighted by Gasteiger charge is 2.46. The van der Waals surface area contributed by atoms with Crippen molar-refractivity contribution in [3.8, 4) is 0 Å². The largest absolute Gasteiger partial charge is 0.337 e. The third kappa shape index (κ3) is 4.23. The number of aryl methyl sites for hydroxylation is 1. The molecule has 3 fully saturated rings. The Balaban J connectivity index is 1.39. The van der Waals surface area contributed by atoms with E-state index in [1.165, 1.54) is 50.5 Å². The van der Waals surface area contributed by atoms with Crippen molar-refractivity contribution in [1.82, 2.24) is 19.6 Å². The Bertz CT molecular complexity index is 636. The first-order valence-electron chi connectivity index (χ1n) is 11.2. The molecule has 1 unspecified atom stereocenters. The fourth-order valence-electron chi connectivity index (χ4n) is 5.63. The quantitative estimate of drug-likeness (QED) is 0.789. The molecule has 3 aliphatic rings. The van der Waals surface area contributed by atoms with Gasteiger partial charge < -0.3 is 4.90 Å². The van der Waals surface area contributed by atoms with Gasteiger partial charge in [0, 0.05) is 49.9 Å². The highest BCUT2D eigenvalue weighted by atomic mass is 16.2. The van der Waals surface area contributed by atoms with Crippen molar-refractivity contribution < 1.29 is 4.79 Å². The normalized spacial score (nSPS) is 28.2. The number of amides is 1. The van der Waals surface area contributed by atoms with Crippen molar-refractivity contribution in [3.05, 3.63) is 18.0 Å². The molecule has 0 aromatic carbocycles. The predicted molar refractivity (Wildman–Crippen MR) is 107 cm³/mol. The van der Waals surface area contributed by atoms with Crippen molar-refractivity contribution in [2.24, 2.45) is 5.92 Å². The molecule has 0 bridgehead atoms. The van der Waals surface area contributed by atoms with Crippen molar-refractivity contribution in [3.63, 3.8) is 0 Å². The number of hydrogen-bond donors (Lipinski definition) is 0. The maximum absolute atomic E-state index is 12.7. The lowest BCUT2D eigenvalue weighted by molar-refractivity contribution is -0.132. The molecule has 1 saturated carbocycles. The molecule has 2 aliphatic heterocycles. The molecular formula is C22H36N4O. The van der Waals surface area contributed by atoms with Crippen molar-refractivity contribution in [2.75, 3.05) is 19.6 Å². The van der Waals surface area contributed by atoms with Gasteiger partial charge in [0.05, 0.1) is 6.20 Å². The molecule has 0 radical (unpaired) electrons. The van der Waals surface area contributed by atoms with Gasteiger partial charge in [-0.15, -0.1) is 0 Å². The number of carbonyl (C=O) groups is 1. The van der Waals surface area contributed by atoms with Crippen molar-refractivity contribution >= 4 is 5.91 Å². The van der Waals surface area contributed by atoms with Crippen LogP contribution < -0.4 is 0 Å². The van der Waals surface area contributed by atoms with Gasteiger partial charge in [0.2, 0.25) is 5.91 Å². The van der Waals surface area contributed by atoms with E-state index in [0.717, 1.165) is 57.9 Å². The summed E-state index contributed by atoms with van der Waals surface area (Å²) in [5, 5.41) is 4.42. The molecule has 0 N–H and O–H groups in total. The minimum Gasteiger partial charge on any atom is -0.337 e. The summed E-state index contributed by atoms with van der Waals surface area (Å²) in [5.74, 6) is 1.18. The van der Waals surface area contributed by atoms with Crippen molar-refractivity contribution in [1.29, 1.82) is 0 Å². The number of likely N-dealkylation sites (tertiary alicyclic amines) is 2. The summed E-state index contributed by atoms with van der Waals surface area (Å²) in [6.07, 6.45) is 16.3. The van der Waals surface area contributed by atoms with E-state index >= 15 is 0 Å². The van der Waals surface area contributed by atoms with Crippen molar-refractivity contribution in [2.45, 2.75) is 89.8 Å². The highest BCUT2D eigenvalue weighted by molar-refractivity contribution is 5.79. The number of hydrogen-bond acceptors (Lipinski definition) is 3. The number of carbonyl (C=O) groups excluding carboxylic acids is 1. The maximum Gasteiger partial charge on any atom is 0.223 e. The Morgan fingerprint density at radius 2 is 1.96 bits per heavy atom. The van der Waals surface area contributed by atoms with Gasteiger partial charge >= 0.3 is 0 Å². The Labute approximate surface area is 164 Å². The summed E-state index contributed by atoms with van der Waals surface area (Å²) in [6.45, 7) is 7.33. The molecular weight excluding hydrogens is 336 g/mol. The topological polar surface area (TPSA) is 41.4 Å². The third-order valence-corrected chi connectivity index (χ3v) is 7.27. The van der Waals surface area contributed by atoms with Crippen LogP contribution in [0.15, 0.2) is 12.4 Å². The SMILES string of the molecule is CCn1cc(CN2CCCC3(CCC(=O)N3CC3CCCCC3)CC2)cn1. The zero-order chi connectivity index (χ0) is 18.7. The first-order chi connectivity index (χ1) is 13.2. The van der Waals surface area contributed by atoms with Gasteiger partial charge in [-0.05, 0) is 57.9 Å². The second-order valence-electron chi connectivity index (χ2n) is 9.07. The molecule has 27 heavy (non-hydrogen) atoms.